The Labute approximate surface area is 146 Å². The van der Waals surface area contributed by atoms with Gasteiger partial charge in [-0.3, -0.25) is 14.9 Å². The zero-order valence-corrected chi connectivity index (χ0v) is 14.2. The topological polar surface area (TPSA) is 72.7 Å². The first-order valence-electron chi connectivity index (χ1n) is 7.88. The molecule has 0 atom stereocenters. The number of hydrogen-bond acceptors (Lipinski definition) is 4. The molecule has 0 unspecified atom stereocenters. The number of methoxy groups -OCH3 is 1. The summed E-state index contributed by atoms with van der Waals surface area (Å²) in [4.78, 5) is 24.3. The van der Waals surface area contributed by atoms with Gasteiger partial charge in [0.15, 0.2) is 0 Å². The molecule has 1 amide bonds. The molecule has 0 heterocycles. The Balaban J connectivity index is 2.01. The molecule has 6 nitrogen and oxygen atoms in total. The molecule has 130 valence electrons. The Morgan fingerprint density at radius 2 is 1.80 bits per heavy atom. The van der Waals surface area contributed by atoms with E-state index in [9.17, 15) is 14.9 Å². The molecule has 0 aliphatic rings. The molecular formula is C19H20N2O4. The zero-order valence-electron chi connectivity index (χ0n) is 14.2. The molecule has 0 aliphatic heterocycles. The molecular weight excluding hydrogens is 320 g/mol. The number of likely N-dealkylation sites (N-methyl/N-ethyl adjacent to an activating group) is 1. The number of nitro groups is 1. The number of amides is 1. The van der Waals surface area contributed by atoms with E-state index in [0.717, 1.165) is 16.9 Å². The van der Waals surface area contributed by atoms with E-state index in [1.165, 1.54) is 18.2 Å². The average Bonchev–Trinajstić information content (AvgIpc) is 2.65. The van der Waals surface area contributed by atoms with Crippen molar-refractivity contribution in [3.8, 4) is 5.75 Å². The molecule has 0 saturated carbocycles. The summed E-state index contributed by atoms with van der Waals surface area (Å²) in [6, 6.07) is 13.6. The van der Waals surface area contributed by atoms with E-state index in [1.54, 1.807) is 30.2 Å². The van der Waals surface area contributed by atoms with Gasteiger partial charge in [-0.1, -0.05) is 12.1 Å². The van der Waals surface area contributed by atoms with Gasteiger partial charge in [-0.15, -0.1) is 0 Å². The van der Waals surface area contributed by atoms with Crippen molar-refractivity contribution >= 4 is 17.7 Å². The molecule has 0 aromatic heterocycles. The Bertz CT molecular complexity index is 752. The van der Waals surface area contributed by atoms with Gasteiger partial charge in [0, 0.05) is 31.3 Å². The lowest BCUT2D eigenvalue weighted by atomic mass is 10.2. The standard InChI is InChI=1S/C19H20N2O4/c1-3-20(14-16-6-11-18(25-2)12-7-16)19(22)13-8-15-4-9-17(10-5-15)21(23)24/h4-13H,3,14H2,1-2H3/b13-8+. The van der Waals surface area contributed by atoms with E-state index in [2.05, 4.69) is 0 Å². The maximum Gasteiger partial charge on any atom is 0.269 e. The van der Waals surface area contributed by atoms with Crippen molar-refractivity contribution in [2.75, 3.05) is 13.7 Å². The van der Waals surface area contributed by atoms with Crippen LogP contribution in [0.4, 0.5) is 5.69 Å². The van der Waals surface area contributed by atoms with Gasteiger partial charge in [0.25, 0.3) is 5.69 Å². The monoisotopic (exact) mass is 340 g/mol. The predicted octanol–water partition coefficient (Wildman–Crippen LogP) is 3.67. The van der Waals surface area contributed by atoms with Gasteiger partial charge in [0.1, 0.15) is 5.75 Å². The molecule has 0 bridgehead atoms. The maximum atomic E-state index is 12.4. The van der Waals surface area contributed by atoms with Gasteiger partial charge in [0.05, 0.1) is 12.0 Å². The number of carbonyl (C=O) groups is 1. The first kappa shape index (κ1) is 18.2. The Hall–Kier alpha value is -3.15. The smallest absolute Gasteiger partial charge is 0.269 e. The van der Waals surface area contributed by atoms with Crippen molar-refractivity contribution in [1.29, 1.82) is 0 Å². The fraction of sp³-hybridized carbons (Fsp3) is 0.211. The predicted molar refractivity (Wildman–Crippen MR) is 96.2 cm³/mol. The van der Waals surface area contributed by atoms with Crippen LogP contribution in [0.5, 0.6) is 5.75 Å². The van der Waals surface area contributed by atoms with Gasteiger partial charge < -0.3 is 9.64 Å². The highest BCUT2D eigenvalue weighted by Gasteiger charge is 2.09. The van der Waals surface area contributed by atoms with Crippen LogP contribution >= 0.6 is 0 Å². The van der Waals surface area contributed by atoms with Crippen LogP contribution in [-0.4, -0.2) is 29.4 Å². The van der Waals surface area contributed by atoms with Crippen molar-refractivity contribution in [3.05, 3.63) is 75.8 Å². The van der Waals surface area contributed by atoms with Crippen molar-refractivity contribution in [2.45, 2.75) is 13.5 Å². The van der Waals surface area contributed by atoms with Crippen LogP contribution in [0.25, 0.3) is 6.08 Å². The van der Waals surface area contributed by atoms with E-state index in [1.807, 2.05) is 31.2 Å². The molecule has 0 N–H and O–H groups in total. The summed E-state index contributed by atoms with van der Waals surface area (Å²) in [5, 5.41) is 10.6. The van der Waals surface area contributed by atoms with Gasteiger partial charge in [-0.2, -0.15) is 0 Å². The lowest BCUT2D eigenvalue weighted by Crippen LogP contribution is -2.28. The average molecular weight is 340 g/mol. The van der Waals surface area contributed by atoms with Crippen LogP contribution in [-0.2, 0) is 11.3 Å². The van der Waals surface area contributed by atoms with Crippen LogP contribution < -0.4 is 4.74 Å². The number of ether oxygens (including phenoxy) is 1. The van der Waals surface area contributed by atoms with Crippen molar-refractivity contribution in [1.82, 2.24) is 4.90 Å². The number of carbonyl (C=O) groups excluding carboxylic acids is 1. The molecule has 0 fully saturated rings. The largest absolute Gasteiger partial charge is 0.497 e. The van der Waals surface area contributed by atoms with E-state index in [-0.39, 0.29) is 11.6 Å². The molecule has 25 heavy (non-hydrogen) atoms. The number of nitro benzene ring substituents is 1. The molecule has 2 aromatic rings. The molecule has 0 aliphatic carbocycles. The number of nitrogens with zero attached hydrogens (tertiary/aromatic N) is 2. The normalized spacial score (nSPS) is 10.6. The minimum atomic E-state index is -0.452. The minimum Gasteiger partial charge on any atom is -0.497 e. The number of hydrogen-bond donors (Lipinski definition) is 0. The number of rotatable bonds is 7. The Morgan fingerprint density at radius 3 is 2.32 bits per heavy atom. The highest BCUT2D eigenvalue weighted by atomic mass is 16.6. The highest BCUT2D eigenvalue weighted by Crippen LogP contribution is 2.15. The third-order valence-corrected chi connectivity index (χ3v) is 3.75. The molecule has 0 spiro atoms. The van der Waals surface area contributed by atoms with Crippen LogP contribution in [0.2, 0.25) is 0 Å². The van der Waals surface area contributed by atoms with Crippen molar-refractivity contribution < 1.29 is 14.5 Å². The summed E-state index contributed by atoms with van der Waals surface area (Å²) in [5.74, 6) is 0.660. The fourth-order valence-electron chi connectivity index (χ4n) is 2.28. The maximum absolute atomic E-state index is 12.4. The Kier molecular flexibility index (Phi) is 6.28. The van der Waals surface area contributed by atoms with Crippen LogP contribution in [0.1, 0.15) is 18.1 Å². The first-order valence-corrected chi connectivity index (χ1v) is 7.88. The third-order valence-electron chi connectivity index (χ3n) is 3.75. The highest BCUT2D eigenvalue weighted by molar-refractivity contribution is 5.91. The van der Waals surface area contributed by atoms with E-state index >= 15 is 0 Å². The summed E-state index contributed by atoms with van der Waals surface area (Å²) in [6.45, 7) is 3.00. The molecule has 0 radical (unpaired) electrons. The minimum absolute atomic E-state index is 0.0261. The molecule has 2 rings (SSSR count). The molecule has 2 aromatic carbocycles. The van der Waals surface area contributed by atoms with Crippen molar-refractivity contribution in [3.63, 3.8) is 0 Å². The zero-order chi connectivity index (χ0) is 18.2. The van der Waals surface area contributed by atoms with Crippen molar-refractivity contribution in [2.24, 2.45) is 0 Å². The third kappa shape index (κ3) is 5.17. The molecule has 6 heteroatoms. The molecule has 0 saturated heterocycles. The van der Waals surface area contributed by atoms with E-state index < -0.39 is 4.92 Å². The second-order valence-electron chi connectivity index (χ2n) is 5.38. The fourth-order valence-corrected chi connectivity index (χ4v) is 2.28. The van der Waals surface area contributed by atoms with Crippen LogP contribution in [0, 0.1) is 10.1 Å². The summed E-state index contributed by atoms with van der Waals surface area (Å²) in [7, 11) is 1.61. The van der Waals surface area contributed by atoms with Gasteiger partial charge in [0.2, 0.25) is 5.91 Å². The summed E-state index contributed by atoms with van der Waals surface area (Å²) < 4.78 is 5.12. The SMILES string of the molecule is CCN(Cc1ccc(OC)cc1)C(=O)/C=C/c1ccc([N+](=O)[O-])cc1. The second kappa shape index (κ2) is 8.63. The van der Waals surface area contributed by atoms with Gasteiger partial charge in [-0.05, 0) is 48.4 Å². The van der Waals surface area contributed by atoms with Crippen LogP contribution in [0.3, 0.4) is 0 Å². The lowest BCUT2D eigenvalue weighted by Gasteiger charge is -2.19. The van der Waals surface area contributed by atoms with E-state index in [4.69, 9.17) is 4.74 Å². The first-order chi connectivity index (χ1) is 12.0. The number of non-ortho nitro benzene ring substituents is 1. The van der Waals surface area contributed by atoms with E-state index in [0.29, 0.717) is 13.1 Å². The Morgan fingerprint density at radius 1 is 1.16 bits per heavy atom. The van der Waals surface area contributed by atoms with Crippen LogP contribution in [0.15, 0.2) is 54.6 Å². The second-order valence-corrected chi connectivity index (χ2v) is 5.38. The lowest BCUT2D eigenvalue weighted by molar-refractivity contribution is -0.384. The van der Waals surface area contributed by atoms with Gasteiger partial charge >= 0.3 is 0 Å². The quantitative estimate of drug-likeness (QED) is 0.438. The number of benzene rings is 2. The summed E-state index contributed by atoms with van der Waals surface area (Å²) in [6.07, 6.45) is 3.14. The van der Waals surface area contributed by atoms with Gasteiger partial charge in [-0.25, -0.2) is 0 Å². The summed E-state index contributed by atoms with van der Waals surface area (Å²) in [5.41, 5.74) is 1.78. The summed E-state index contributed by atoms with van der Waals surface area (Å²) >= 11 is 0.